The van der Waals surface area contributed by atoms with Crippen LogP contribution in [0.3, 0.4) is 0 Å². The highest BCUT2D eigenvalue weighted by Crippen LogP contribution is 2.49. The van der Waals surface area contributed by atoms with Crippen molar-refractivity contribution in [3.8, 4) is 5.75 Å². The summed E-state index contributed by atoms with van der Waals surface area (Å²) in [5.74, 6) is 1.73. The summed E-state index contributed by atoms with van der Waals surface area (Å²) in [5.41, 5.74) is 9.80. The molecule has 40 heavy (non-hydrogen) atoms. The molecule has 6 nitrogen and oxygen atoms in total. The van der Waals surface area contributed by atoms with Crippen LogP contribution >= 0.6 is 23.2 Å². The van der Waals surface area contributed by atoms with Crippen LogP contribution in [0.1, 0.15) is 74.1 Å². The van der Waals surface area contributed by atoms with Gasteiger partial charge in [-0.25, -0.2) is 4.39 Å². The number of hydrogen-bond acceptors (Lipinski definition) is 5. The first kappa shape index (κ1) is 27.2. The van der Waals surface area contributed by atoms with Crippen molar-refractivity contribution in [1.29, 1.82) is 0 Å². The molecule has 1 aromatic carbocycles. The lowest BCUT2D eigenvalue weighted by Crippen LogP contribution is -2.43. The summed E-state index contributed by atoms with van der Waals surface area (Å²) >= 11 is 12.6. The van der Waals surface area contributed by atoms with Gasteiger partial charge in [0, 0.05) is 47.2 Å². The highest BCUT2D eigenvalue weighted by atomic mass is 35.5. The van der Waals surface area contributed by atoms with Gasteiger partial charge in [0.25, 0.3) is 0 Å². The van der Waals surface area contributed by atoms with Crippen LogP contribution in [0, 0.1) is 11.8 Å². The third-order valence-electron chi connectivity index (χ3n) is 8.28. The van der Waals surface area contributed by atoms with Gasteiger partial charge in [-0.1, -0.05) is 48.5 Å². The monoisotopic (exact) mass is 579 g/mol. The molecular weight excluding hydrogens is 548 g/mol. The van der Waals surface area contributed by atoms with Crippen molar-refractivity contribution in [2.45, 2.75) is 63.5 Å². The summed E-state index contributed by atoms with van der Waals surface area (Å²) < 4.78 is 21.6. The molecule has 0 amide bonds. The number of hydrogen-bond donors (Lipinski definition) is 2. The Kier molecular flexibility index (Phi) is 7.55. The summed E-state index contributed by atoms with van der Waals surface area (Å²) in [5, 5.41) is 8.55. The van der Waals surface area contributed by atoms with Crippen molar-refractivity contribution < 1.29 is 9.13 Å². The molecule has 4 atom stereocenters. The minimum atomic E-state index is -0.471. The number of halogens is 3. The summed E-state index contributed by atoms with van der Waals surface area (Å²) in [6, 6.07) is 9.19. The molecule has 0 saturated heterocycles. The highest BCUT2D eigenvalue weighted by Gasteiger charge is 2.43. The lowest BCUT2D eigenvalue weighted by Gasteiger charge is -2.31. The fourth-order valence-corrected chi connectivity index (χ4v) is 6.78. The largest absolute Gasteiger partial charge is 0.486 e. The average Bonchev–Trinajstić information content (AvgIpc) is 3.47. The normalized spacial score (nSPS) is 23.8. The van der Waals surface area contributed by atoms with E-state index >= 15 is 4.39 Å². The smallest absolute Gasteiger partial charge is 0.151 e. The fraction of sp³-hybridized carbons (Fsp3) is 0.387. The molecule has 0 radical (unpaired) electrons. The van der Waals surface area contributed by atoms with Crippen LogP contribution in [0.2, 0.25) is 10.0 Å². The number of benzene rings is 1. The van der Waals surface area contributed by atoms with Crippen molar-refractivity contribution in [3.63, 3.8) is 0 Å². The maximum absolute atomic E-state index is 15.5. The molecule has 2 fully saturated rings. The number of nitrogens with one attached hydrogen (secondary N) is 1. The number of ether oxygens (including phenoxy) is 1. The summed E-state index contributed by atoms with van der Waals surface area (Å²) in [7, 11) is 0. The second kappa shape index (κ2) is 11.1. The molecule has 0 bridgehead atoms. The first-order chi connectivity index (χ1) is 19.3. The second-order valence-electron chi connectivity index (χ2n) is 11.4. The number of nitrogens with two attached hydrogens (primary N) is 1. The molecular formula is C31H32Cl2FN5O. The summed E-state index contributed by atoms with van der Waals surface area (Å²) in [6.07, 6.45) is 13.8. The Morgan fingerprint density at radius 3 is 2.77 bits per heavy atom. The summed E-state index contributed by atoms with van der Waals surface area (Å²) in [4.78, 5) is 8.62. The third kappa shape index (κ3) is 5.87. The molecule has 4 aromatic rings. The van der Waals surface area contributed by atoms with E-state index < -0.39 is 11.9 Å². The van der Waals surface area contributed by atoms with E-state index in [0.29, 0.717) is 37.8 Å². The van der Waals surface area contributed by atoms with Gasteiger partial charge in [-0.05, 0) is 73.9 Å². The molecule has 2 aliphatic rings. The number of H-pyrrole nitrogens is 1. The van der Waals surface area contributed by atoms with Gasteiger partial charge in [-0.15, -0.1) is 0 Å². The molecule has 208 valence electrons. The number of rotatable bonds is 7. The van der Waals surface area contributed by atoms with Gasteiger partial charge in [0.1, 0.15) is 17.5 Å². The number of pyridine rings is 2. The standard InChI is InChI=1S/C31H32Cl2FN5O/c1-18(29-25(32)16-36-17-26(29)33)40-23-7-8-28-24(12-23)30(39-38-28)27(34)10-19-5-6-22(37-15-19)14-31(35)9-3-2-4-20-11-21(20)13-31/h5-8,10,12,15-18,20-21H,2-4,9,11,13-14,35H2,1H3,(H,38,39)/b27-10-. The Morgan fingerprint density at radius 2 is 2.00 bits per heavy atom. The molecule has 3 heterocycles. The second-order valence-corrected chi connectivity index (χ2v) is 12.2. The first-order valence-electron chi connectivity index (χ1n) is 13.8. The Morgan fingerprint density at radius 1 is 1.18 bits per heavy atom. The minimum absolute atomic E-state index is 0.200. The highest BCUT2D eigenvalue weighted by molar-refractivity contribution is 6.35. The maximum atomic E-state index is 15.5. The zero-order chi connectivity index (χ0) is 27.9. The van der Waals surface area contributed by atoms with Crippen LogP contribution in [-0.4, -0.2) is 25.7 Å². The number of aromatic nitrogens is 4. The van der Waals surface area contributed by atoms with E-state index in [-0.39, 0.29) is 11.2 Å². The molecule has 4 unspecified atom stereocenters. The predicted octanol–water partition coefficient (Wildman–Crippen LogP) is 8.11. The molecule has 2 aliphatic carbocycles. The van der Waals surface area contributed by atoms with Crippen molar-refractivity contribution >= 4 is 46.0 Å². The zero-order valence-electron chi connectivity index (χ0n) is 22.3. The lowest BCUT2D eigenvalue weighted by atomic mass is 9.81. The Labute approximate surface area is 243 Å². The van der Waals surface area contributed by atoms with Crippen molar-refractivity contribution in [3.05, 3.63) is 81.5 Å². The van der Waals surface area contributed by atoms with Crippen molar-refractivity contribution in [2.24, 2.45) is 17.6 Å². The first-order valence-corrected chi connectivity index (χ1v) is 14.6. The van der Waals surface area contributed by atoms with E-state index in [0.717, 1.165) is 36.8 Å². The van der Waals surface area contributed by atoms with Gasteiger partial charge in [-0.2, -0.15) is 5.10 Å². The van der Waals surface area contributed by atoms with Crippen LogP contribution in [0.25, 0.3) is 22.8 Å². The van der Waals surface area contributed by atoms with Crippen LogP contribution in [0.5, 0.6) is 5.75 Å². The van der Waals surface area contributed by atoms with Crippen LogP contribution in [-0.2, 0) is 6.42 Å². The van der Waals surface area contributed by atoms with Gasteiger partial charge >= 0.3 is 0 Å². The molecule has 0 aliphatic heterocycles. The fourth-order valence-electron chi connectivity index (χ4n) is 6.10. The molecule has 3 N–H and O–H groups in total. The Hall–Kier alpha value is -3.00. The molecule has 6 rings (SSSR count). The zero-order valence-corrected chi connectivity index (χ0v) is 23.9. The molecule has 3 aromatic heterocycles. The summed E-state index contributed by atoms with van der Waals surface area (Å²) in [6.45, 7) is 1.84. The van der Waals surface area contributed by atoms with E-state index in [2.05, 4.69) is 20.2 Å². The van der Waals surface area contributed by atoms with Crippen LogP contribution in [0.15, 0.2) is 48.9 Å². The van der Waals surface area contributed by atoms with E-state index in [1.54, 1.807) is 24.4 Å². The van der Waals surface area contributed by atoms with Crippen molar-refractivity contribution in [1.82, 2.24) is 20.2 Å². The van der Waals surface area contributed by atoms with Gasteiger partial charge in [0.05, 0.1) is 15.6 Å². The maximum Gasteiger partial charge on any atom is 0.151 e. The number of fused-ring (bicyclic) bond motifs is 2. The SMILES string of the molecule is CC(Oc1ccc2[nH]nc(/C(F)=C/c3ccc(CC4(N)CCCCC5CC5C4)nc3)c2c1)c1c(Cl)cncc1Cl. The van der Waals surface area contributed by atoms with Crippen molar-refractivity contribution in [2.75, 3.05) is 0 Å². The quantitative estimate of drug-likeness (QED) is 0.231. The topological polar surface area (TPSA) is 89.7 Å². The van der Waals surface area contributed by atoms with Gasteiger partial charge in [-0.3, -0.25) is 15.1 Å². The molecule has 2 saturated carbocycles. The molecule has 9 heteroatoms. The van der Waals surface area contributed by atoms with Crippen LogP contribution in [0.4, 0.5) is 4.39 Å². The lowest BCUT2D eigenvalue weighted by molar-refractivity contribution is 0.227. The number of aromatic amines is 1. The van der Waals surface area contributed by atoms with Gasteiger partial charge in [0.2, 0.25) is 0 Å². The van der Waals surface area contributed by atoms with Crippen LogP contribution < -0.4 is 10.5 Å². The average molecular weight is 581 g/mol. The number of nitrogens with zero attached hydrogens (tertiary/aromatic N) is 3. The Bertz CT molecular complexity index is 1540. The molecule has 0 spiro atoms. The van der Waals surface area contributed by atoms with E-state index in [4.69, 9.17) is 33.7 Å². The minimum Gasteiger partial charge on any atom is -0.486 e. The van der Waals surface area contributed by atoms with E-state index in [1.165, 1.54) is 44.2 Å². The third-order valence-corrected chi connectivity index (χ3v) is 8.88. The van der Waals surface area contributed by atoms with Gasteiger partial charge in [0.15, 0.2) is 5.83 Å². The van der Waals surface area contributed by atoms with E-state index in [9.17, 15) is 0 Å². The predicted molar refractivity (Wildman–Crippen MR) is 158 cm³/mol. The van der Waals surface area contributed by atoms with E-state index in [1.807, 2.05) is 19.1 Å². The van der Waals surface area contributed by atoms with Gasteiger partial charge < -0.3 is 10.5 Å². The Balaban J connectivity index is 1.18.